The molecule has 0 aliphatic carbocycles. The Hall–Kier alpha value is -6.42. The van der Waals surface area contributed by atoms with Crippen LogP contribution in [0.2, 0.25) is 0 Å². The molecule has 0 aliphatic heterocycles. The Labute approximate surface area is 300 Å². The van der Waals surface area contributed by atoms with Crippen molar-refractivity contribution in [3.8, 4) is 33.4 Å². The molecule has 10 aromatic rings. The third-order valence-electron chi connectivity index (χ3n) is 10.0. The van der Waals surface area contributed by atoms with Crippen molar-refractivity contribution in [3.05, 3.63) is 194 Å². The Morgan fingerprint density at radius 2 is 0.961 bits per heavy atom. The van der Waals surface area contributed by atoms with E-state index in [1.54, 1.807) is 0 Å². The van der Waals surface area contributed by atoms with Crippen LogP contribution in [-0.2, 0) is 0 Å². The zero-order valence-corrected chi connectivity index (χ0v) is 28.6. The second kappa shape index (κ2) is 12.2. The Morgan fingerprint density at radius 3 is 1.71 bits per heavy atom. The number of hydrogen-bond acceptors (Lipinski definition) is 2. The predicted molar refractivity (Wildman–Crippen MR) is 219 cm³/mol. The molecular weight excluding hydrogens is 637 g/mol. The maximum Gasteiger partial charge on any atom is 0.109 e. The summed E-state index contributed by atoms with van der Waals surface area (Å²) in [6, 6.07) is 70.2. The van der Waals surface area contributed by atoms with Crippen molar-refractivity contribution in [1.82, 2.24) is 4.40 Å². The summed E-state index contributed by atoms with van der Waals surface area (Å²) in [7, 11) is 0. The molecule has 0 bridgehead atoms. The minimum Gasteiger partial charge on any atom is -0.310 e. The van der Waals surface area contributed by atoms with Gasteiger partial charge in [-0.15, -0.1) is 11.3 Å². The maximum atomic E-state index is 2.44. The highest BCUT2D eigenvalue weighted by Crippen LogP contribution is 2.44. The molecule has 2 aromatic heterocycles. The highest BCUT2D eigenvalue weighted by molar-refractivity contribution is 7.24. The normalized spacial score (nSPS) is 11.5. The van der Waals surface area contributed by atoms with Gasteiger partial charge in [0.15, 0.2) is 0 Å². The first-order valence-electron chi connectivity index (χ1n) is 17.4. The van der Waals surface area contributed by atoms with E-state index in [1.807, 2.05) is 11.3 Å². The molecule has 0 aliphatic rings. The molecule has 0 amide bonds. The van der Waals surface area contributed by atoms with Gasteiger partial charge in [-0.2, -0.15) is 0 Å². The Morgan fingerprint density at radius 1 is 0.392 bits per heavy atom. The van der Waals surface area contributed by atoms with Crippen LogP contribution < -0.4 is 4.90 Å². The average Bonchev–Trinajstić information content (AvgIpc) is 3.73. The van der Waals surface area contributed by atoms with Gasteiger partial charge < -0.3 is 4.90 Å². The van der Waals surface area contributed by atoms with Crippen LogP contribution in [0.15, 0.2) is 194 Å². The van der Waals surface area contributed by atoms with Crippen LogP contribution in [0.5, 0.6) is 0 Å². The van der Waals surface area contributed by atoms with Gasteiger partial charge >= 0.3 is 0 Å². The van der Waals surface area contributed by atoms with Crippen molar-refractivity contribution in [1.29, 1.82) is 0 Å². The van der Waals surface area contributed by atoms with Gasteiger partial charge in [-0.3, -0.25) is 4.40 Å². The Balaban J connectivity index is 1.13. The van der Waals surface area contributed by atoms with Crippen molar-refractivity contribution in [2.45, 2.75) is 0 Å². The lowest BCUT2D eigenvalue weighted by Crippen LogP contribution is -2.09. The van der Waals surface area contributed by atoms with E-state index in [-0.39, 0.29) is 0 Å². The monoisotopic (exact) mass is 668 g/mol. The van der Waals surface area contributed by atoms with Gasteiger partial charge in [0.25, 0.3) is 0 Å². The molecule has 3 heteroatoms. The Kier molecular flexibility index (Phi) is 7.04. The number of fused-ring (bicyclic) bond motifs is 6. The second-order valence-corrected chi connectivity index (χ2v) is 14.0. The standard InChI is InChI=1S/C48H32N2S/c1-3-12-33(13-4-1)34-22-26-38(27-23-34)49(39-28-24-36(25-29-39)42-20-11-17-35-14-7-8-18-41(35)42)40-30-31-45-46(32-40)51-48-47(37-15-5-2-6-16-37)43-19-9-10-21-44(43)50(45)48/h1-32H. The first-order valence-corrected chi connectivity index (χ1v) is 18.2. The molecule has 0 radical (unpaired) electrons. The van der Waals surface area contributed by atoms with Gasteiger partial charge in [0.1, 0.15) is 4.83 Å². The van der Waals surface area contributed by atoms with Crippen LogP contribution in [-0.4, -0.2) is 4.40 Å². The summed E-state index contributed by atoms with van der Waals surface area (Å²) >= 11 is 1.87. The molecule has 10 rings (SSSR count). The minimum absolute atomic E-state index is 1.12. The largest absolute Gasteiger partial charge is 0.310 e. The molecule has 2 nitrogen and oxygen atoms in total. The van der Waals surface area contributed by atoms with E-state index in [2.05, 4.69) is 203 Å². The number of benzene rings is 8. The van der Waals surface area contributed by atoms with E-state index in [1.165, 1.54) is 70.1 Å². The molecule has 0 atom stereocenters. The lowest BCUT2D eigenvalue weighted by Gasteiger charge is -2.26. The van der Waals surface area contributed by atoms with Crippen molar-refractivity contribution < 1.29 is 0 Å². The van der Waals surface area contributed by atoms with Crippen molar-refractivity contribution in [3.63, 3.8) is 0 Å². The number of thiazole rings is 1. The summed E-state index contributed by atoms with van der Waals surface area (Å²) in [5.41, 5.74) is 13.2. The van der Waals surface area contributed by atoms with E-state index in [4.69, 9.17) is 0 Å². The van der Waals surface area contributed by atoms with Gasteiger partial charge in [-0.05, 0) is 87.1 Å². The molecule has 51 heavy (non-hydrogen) atoms. The maximum absolute atomic E-state index is 2.44. The third-order valence-corrected chi connectivity index (χ3v) is 11.1. The third kappa shape index (κ3) is 5.01. The molecule has 0 spiro atoms. The number of hydrogen-bond donors (Lipinski definition) is 0. The predicted octanol–water partition coefficient (Wildman–Crippen LogP) is 13.9. The number of rotatable bonds is 6. The fourth-order valence-electron chi connectivity index (χ4n) is 7.60. The smallest absolute Gasteiger partial charge is 0.109 e. The Bertz CT molecular complexity index is 2820. The van der Waals surface area contributed by atoms with E-state index >= 15 is 0 Å². The van der Waals surface area contributed by atoms with Crippen LogP contribution >= 0.6 is 11.3 Å². The van der Waals surface area contributed by atoms with Gasteiger partial charge in [0.2, 0.25) is 0 Å². The highest BCUT2D eigenvalue weighted by Gasteiger charge is 2.20. The molecule has 8 aromatic carbocycles. The zero-order chi connectivity index (χ0) is 33.7. The quantitative estimate of drug-likeness (QED) is 0.171. The lowest BCUT2D eigenvalue weighted by atomic mass is 9.98. The molecule has 0 saturated carbocycles. The van der Waals surface area contributed by atoms with Crippen molar-refractivity contribution in [2.24, 2.45) is 0 Å². The summed E-state index contributed by atoms with van der Waals surface area (Å²) in [6.45, 7) is 0. The van der Waals surface area contributed by atoms with Gasteiger partial charge in [-0.25, -0.2) is 0 Å². The number of para-hydroxylation sites is 1. The van der Waals surface area contributed by atoms with Gasteiger partial charge in [-0.1, -0.05) is 146 Å². The first-order chi connectivity index (χ1) is 25.3. The van der Waals surface area contributed by atoms with Gasteiger partial charge in [0, 0.05) is 28.0 Å². The molecular formula is C48H32N2S. The van der Waals surface area contributed by atoms with Crippen LogP contribution in [0.3, 0.4) is 0 Å². The summed E-state index contributed by atoms with van der Waals surface area (Å²) < 4.78 is 3.70. The van der Waals surface area contributed by atoms with E-state index in [0.717, 1.165) is 17.1 Å². The second-order valence-electron chi connectivity index (χ2n) is 13.0. The van der Waals surface area contributed by atoms with Crippen LogP contribution in [0.1, 0.15) is 0 Å². The minimum atomic E-state index is 1.12. The molecule has 0 N–H and O–H groups in total. The lowest BCUT2D eigenvalue weighted by molar-refractivity contribution is 1.29. The summed E-state index contributed by atoms with van der Waals surface area (Å²) in [5, 5.41) is 3.80. The molecule has 0 fully saturated rings. The summed E-state index contributed by atoms with van der Waals surface area (Å²) in [4.78, 5) is 3.65. The van der Waals surface area contributed by atoms with Crippen LogP contribution in [0.4, 0.5) is 17.1 Å². The molecule has 2 heterocycles. The van der Waals surface area contributed by atoms with E-state index in [9.17, 15) is 0 Å². The van der Waals surface area contributed by atoms with E-state index in [0.29, 0.717) is 0 Å². The van der Waals surface area contributed by atoms with E-state index < -0.39 is 0 Å². The SMILES string of the molecule is c1ccc(-c2ccc(N(c3ccc(-c4cccc5ccccc45)cc3)c3ccc4c(c3)sc3c(-c5ccccc5)c5ccccc5n34)cc2)cc1. The first kappa shape index (κ1) is 29.5. The number of anilines is 3. The van der Waals surface area contributed by atoms with Crippen molar-refractivity contribution >= 4 is 65.1 Å². The molecule has 0 unspecified atom stereocenters. The fraction of sp³-hybridized carbons (Fsp3) is 0. The molecule has 240 valence electrons. The number of aromatic nitrogens is 1. The average molecular weight is 669 g/mol. The zero-order valence-electron chi connectivity index (χ0n) is 27.8. The van der Waals surface area contributed by atoms with Crippen LogP contribution in [0.25, 0.3) is 70.1 Å². The summed E-state index contributed by atoms with van der Waals surface area (Å²) in [6.07, 6.45) is 0. The summed E-state index contributed by atoms with van der Waals surface area (Å²) in [5.74, 6) is 0. The van der Waals surface area contributed by atoms with Crippen LogP contribution in [0, 0.1) is 0 Å². The highest BCUT2D eigenvalue weighted by atomic mass is 32.1. The van der Waals surface area contributed by atoms with Gasteiger partial charge in [0.05, 0.1) is 15.7 Å². The topological polar surface area (TPSA) is 7.65 Å². The number of nitrogens with zero attached hydrogens (tertiary/aromatic N) is 2. The fourth-order valence-corrected chi connectivity index (χ4v) is 8.87. The molecule has 0 saturated heterocycles. The van der Waals surface area contributed by atoms with Crippen molar-refractivity contribution in [2.75, 3.05) is 4.90 Å².